The third-order valence-electron chi connectivity index (χ3n) is 4.06. The van der Waals surface area contributed by atoms with Gasteiger partial charge >= 0.3 is 0 Å². The van der Waals surface area contributed by atoms with Gasteiger partial charge in [0.15, 0.2) is 0 Å². The average Bonchev–Trinajstić information content (AvgIpc) is 2.40. The first kappa shape index (κ1) is 13.8. The lowest BCUT2D eigenvalue weighted by Gasteiger charge is -2.35. The van der Waals surface area contributed by atoms with E-state index >= 15 is 0 Å². The molecule has 0 bridgehead atoms. The van der Waals surface area contributed by atoms with Crippen LogP contribution in [0.2, 0.25) is 0 Å². The van der Waals surface area contributed by atoms with E-state index in [1.807, 2.05) is 0 Å². The molecule has 18 heavy (non-hydrogen) atoms. The van der Waals surface area contributed by atoms with E-state index in [-0.39, 0.29) is 5.91 Å². The lowest BCUT2D eigenvalue weighted by molar-refractivity contribution is -0.123. The van der Waals surface area contributed by atoms with Crippen molar-refractivity contribution in [1.82, 2.24) is 15.5 Å². The topological polar surface area (TPSA) is 70.4 Å². The van der Waals surface area contributed by atoms with E-state index in [1.165, 1.54) is 19.3 Å². The Balaban J connectivity index is 1.75. The minimum Gasteiger partial charge on any atom is -0.352 e. The summed E-state index contributed by atoms with van der Waals surface area (Å²) in [6.07, 6.45) is 6.12. The standard InChI is InChI=1S/C13H26N4O/c14-8-12-9-15-6-7-17(12)10-13(18)16-11-4-2-1-3-5-11/h11-12,15H,1-10,14H2,(H,16,18). The molecule has 1 atom stereocenters. The molecule has 1 heterocycles. The summed E-state index contributed by atoms with van der Waals surface area (Å²) in [4.78, 5) is 14.2. The molecule has 0 spiro atoms. The molecule has 2 rings (SSSR count). The minimum atomic E-state index is 0.169. The van der Waals surface area contributed by atoms with Crippen LogP contribution in [-0.2, 0) is 4.79 Å². The highest BCUT2D eigenvalue weighted by Crippen LogP contribution is 2.17. The van der Waals surface area contributed by atoms with E-state index in [4.69, 9.17) is 5.73 Å². The van der Waals surface area contributed by atoms with Gasteiger partial charge < -0.3 is 16.4 Å². The fourth-order valence-electron chi connectivity index (χ4n) is 2.95. The van der Waals surface area contributed by atoms with Crippen LogP contribution < -0.4 is 16.4 Å². The van der Waals surface area contributed by atoms with Crippen molar-refractivity contribution in [3.8, 4) is 0 Å². The second kappa shape index (κ2) is 7.07. The van der Waals surface area contributed by atoms with E-state index in [2.05, 4.69) is 15.5 Å². The van der Waals surface area contributed by atoms with Crippen LogP contribution in [0.3, 0.4) is 0 Å². The highest BCUT2D eigenvalue weighted by Gasteiger charge is 2.24. The highest BCUT2D eigenvalue weighted by atomic mass is 16.2. The van der Waals surface area contributed by atoms with E-state index in [1.54, 1.807) is 0 Å². The largest absolute Gasteiger partial charge is 0.352 e. The van der Waals surface area contributed by atoms with Crippen LogP contribution in [0.15, 0.2) is 0 Å². The Morgan fingerprint density at radius 1 is 1.33 bits per heavy atom. The van der Waals surface area contributed by atoms with Crippen LogP contribution in [0.25, 0.3) is 0 Å². The Morgan fingerprint density at radius 3 is 2.83 bits per heavy atom. The second-order valence-corrected chi connectivity index (χ2v) is 5.47. The van der Waals surface area contributed by atoms with Crippen LogP contribution in [0, 0.1) is 0 Å². The van der Waals surface area contributed by atoms with Crippen molar-refractivity contribution in [2.24, 2.45) is 5.73 Å². The van der Waals surface area contributed by atoms with Crippen LogP contribution in [0.1, 0.15) is 32.1 Å². The lowest BCUT2D eigenvalue weighted by atomic mass is 9.95. The first-order chi connectivity index (χ1) is 8.79. The van der Waals surface area contributed by atoms with Gasteiger partial charge in [-0.1, -0.05) is 19.3 Å². The van der Waals surface area contributed by atoms with Gasteiger partial charge in [0.1, 0.15) is 0 Å². The number of rotatable bonds is 4. The molecule has 1 saturated heterocycles. The molecular weight excluding hydrogens is 228 g/mol. The van der Waals surface area contributed by atoms with Crippen molar-refractivity contribution < 1.29 is 4.79 Å². The van der Waals surface area contributed by atoms with Gasteiger partial charge in [-0.25, -0.2) is 0 Å². The Morgan fingerprint density at radius 2 is 2.11 bits per heavy atom. The molecule has 5 heteroatoms. The summed E-state index contributed by atoms with van der Waals surface area (Å²) in [5, 5.41) is 6.49. The molecule has 1 aliphatic carbocycles. The zero-order chi connectivity index (χ0) is 12.8. The van der Waals surface area contributed by atoms with Gasteiger partial charge in [-0.2, -0.15) is 0 Å². The summed E-state index contributed by atoms with van der Waals surface area (Å²) in [7, 11) is 0. The minimum absolute atomic E-state index is 0.169. The summed E-state index contributed by atoms with van der Waals surface area (Å²) in [5.41, 5.74) is 5.74. The number of piperazine rings is 1. The molecule has 1 saturated carbocycles. The Bertz CT molecular complexity index is 266. The molecule has 0 aromatic carbocycles. The van der Waals surface area contributed by atoms with E-state index < -0.39 is 0 Å². The van der Waals surface area contributed by atoms with Crippen LogP contribution in [-0.4, -0.2) is 55.6 Å². The molecule has 1 aliphatic heterocycles. The summed E-state index contributed by atoms with van der Waals surface area (Å²) < 4.78 is 0. The molecule has 2 aliphatic rings. The molecular formula is C13H26N4O. The molecule has 1 unspecified atom stereocenters. The molecule has 4 N–H and O–H groups in total. The first-order valence-corrected chi connectivity index (χ1v) is 7.24. The summed E-state index contributed by atoms with van der Waals surface area (Å²) in [5.74, 6) is 0.169. The number of carbonyl (C=O) groups excluding carboxylic acids is 1. The molecule has 5 nitrogen and oxygen atoms in total. The number of carbonyl (C=O) groups is 1. The van der Waals surface area contributed by atoms with Gasteiger partial charge in [0.2, 0.25) is 5.91 Å². The number of nitrogens with zero attached hydrogens (tertiary/aromatic N) is 1. The van der Waals surface area contributed by atoms with Crippen LogP contribution in [0.4, 0.5) is 0 Å². The van der Waals surface area contributed by atoms with E-state index in [9.17, 15) is 4.79 Å². The molecule has 1 amide bonds. The van der Waals surface area contributed by atoms with Crippen LogP contribution in [0.5, 0.6) is 0 Å². The van der Waals surface area contributed by atoms with Gasteiger partial charge in [0.05, 0.1) is 6.54 Å². The van der Waals surface area contributed by atoms with Crippen LogP contribution >= 0.6 is 0 Å². The molecule has 0 radical (unpaired) electrons. The lowest BCUT2D eigenvalue weighted by Crippen LogP contribution is -2.57. The normalized spacial score (nSPS) is 27.1. The third-order valence-corrected chi connectivity index (χ3v) is 4.06. The summed E-state index contributed by atoms with van der Waals surface area (Å²) in [6.45, 7) is 3.88. The maximum atomic E-state index is 12.0. The molecule has 2 fully saturated rings. The smallest absolute Gasteiger partial charge is 0.234 e. The maximum absolute atomic E-state index is 12.0. The molecule has 0 aromatic rings. The van der Waals surface area contributed by atoms with E-state index in [0.29, 0.717) is 25.2 Å². The Kier molecular flexibility index (Phi) is 5.41. The quantitative estimate of drug-likeness (QED) is 0.642. The fraction of sp³-hybridized carbons (Fsp3) is 0.923. The number of nitrogens with two attached hydrogens (primary N) is 1. The van der Waals surface area contributed by atoms with Crippen molar-refractivity contribution in [2.75, 3.05) is 32.7 Å². The van der Waals surface area contributed by atoms with E-state index in [0.717, 1.165) is 32.5 Å². The Labute approximate surface area is 109 Å². The van der Waals surface area contributed by atoms with Gasteiger partial charge in [0, 0.05) is 38.3 Å². The van der Waals surface area contributed by atoms with Gasteiger partial charge in [0.25, 0.3) is 0 Å². The second-order valence-electron chi connectivity index (χ2n) is 5.47. The van der Waals surface area contributed by atoms with Gasteiger partial charge in [-0.15, -0.1) is 0 Å². The SMILES string of the molecule is NCC1CNCCN1CC(=O)NC1CCCCC1. The highest BCUT2D eigenvalue weighted by molar-refractivity contribution is 5.78. The summed E-state index contributed by atoms with van der Waals surface area (Å²) in [6, 6.07) is 0.710. The Hall–Kier alpha value is -0.650. The number of amides is 1. The first-order valence-electron chi connectivity index (χ1n) is 7.24. The van der Waals surface area contributed by atoms with Crippen molar-refractivity contribution >= 4 is 5.91 Å². The predicted octanol–water partition coefficient (Wildman–Crippen LogP) is -0.332. The summed E-state index contributed by atoms with van der Waals surface area (Å²) >= 11 is 0. The zero-order valence-corrected chi connectivity index (χ0v) is 11.2. The zero-order valence-electron chi connectivity index (χ0n) is 11.2. The monoisotopic (exact) mass is 254 g/mol. The number of hydrogen-bond acceptors (Lipinski definition) is 4. The van der Waals surface area contributed by atoms with Crippen molar-refractivity contribution in [3.63, 3.8) is 0 Å². The maximum Gasteiger partial charge on any atom is 0.234 e. The number of hydrogen-bond donors (Lipinski definition) is 3. The van der Waals surface area contributed by atoms with Crippen molar-refractivity contribution in [1.29, 1.82) is 0 Å². The molecule has 0 aromatic heterocycles. The predicted molar refractivity (Wildman–Crippen MR) is 72.3 cm³/mol. The van der Waals surface area contributed by atoms with Gasteiger partial charge in [-0.05, 0) is 12.8 Å². The fourth-order valence-corrected chi connectivity index (χ4v) is 2.95. The number of nitrogens with one attached hydrogen (secondary N) is 2. The molecule has 104 valence electrons. The third kappa shape index (κ3) is 3.93. The van der Waals surface area contributed by atoms with Crippen molar-refractivity contribution in [3.05, 3.63) is 0 Å². The average molecular weight is 254 g/mol. The van der Waals surface area contributed by atoms with Gasteiger partial charge in [-0.3, -0.25) is 9.69 Å². The van der Waals surface area contributed by atoms with Crippen molar-refractivity contribution in [2.45, 2.75) is 44.2 Å².